The molecule has 0 aliphatic carbocycles. The molecule has 6 heteroatoms. The Morgan fingerprint density at radius 1 is 1.33 bits per heavy atom. The summed E-state index contributed by atoms with van der Waals surface area (Å²) in [5, 5.41) is 3.14. The number of nitrogens with one attached hydrogen (secondary N) is 1. The van der Waals surface area contributed by atoms with Crippen LogP contribution in [0.15, 0.2) is 36.4 Å². The summed E-state index contributed by atoms with van der Waals surface area (Å²) in [6.07, 6.45) is 2.88. The first-order valence-electron chi connectivity index (χ1n) is 9.22. The lowest BCUT2D eigenvalue weighted by atomic mass is 10.0. The summed E-state index contributed by atoms with van der Waals surface area (Å²) in [7, 11) is 0. The van der Waals surface area contributed by atoms with Crippen LogP contribution in [0, 0.1) is 5.82 Å². The van der Waals surface area contributed by atoms with E-state index in [1.165, 1.54) is 12.1 Å². The van der Waals surface area contributed by atoms with Crippen molar-refractivity contribution in [1.82, 2.24) is 5.32 Å². The van der Waals surface area contributed by atoms with Gasteiger partial charge in [0.05, 0.1) is 12.6 Å². The largest absolute Gasteiger partial charge is 0.489 e. The molecule has 0 aromatic heterocycles. The van der Waals surface area contributed by atoms with E-state index in [2.05, 4.69) is 5.32 Å². The minimum Gasteiger partial charge on any atom is -0.489 e. The van der Waals surface area contributed by atoms with Crippen molar-refractivity contribution in [3.63, 3.8) is 0 Å². The topological polar surface area (TPSA) is 73.6 Å². The molecule has 3 N–H and O–H groups in total. The van der Waals surface area contributed by atoms with Crippen molar-refractivity contribution >= 4 is 5.91 Å². The van der Waals surface area contributed by atoms with Gasteiger partial charge in [-0.1, -0.05) is 18.2 Å². The van der Waals surface area contributed by atoms with Gasteiger partial charge >= 0.3 is 0 Å². The van der Waals surface area contributed by atoms with Gasteiger partial charge in [0.1, 0.15) is 12.4 Å². The number of amides is 1. The highest BCUT2D eigenvalue weighted by molar-refractivity contribution is 5.79. The van der Waals surface area contributed by atoms with E-state index in [9.17, 15) is 9.18 Å². The van der Waals surface area contributed by atoms with E-state index in [0.29, 0.717) is 18.9 Å². The number of primary amides is 1. The lowest BCUT2D eigenvalue weighted by Crippen LogP contribution is -2.38. The fourth-order valence-corrected chi connectivity index (χ4v) is 3.09. The highest BCUT2D eigenvalue weighted by Gasteiger charge is 2.19. The molecule has 0 spiro atoms. The van der Waals surface area contributed by atoms with Crippen molar-refractivity contribution in [1.29, 1.82) is 0 Å². The molecule has 1 aliphatic rings. The molecule has 1 aliphatic heterocycles. The van der Waals surface area contributed by atoms with Crippen molar-refractivity contribution in [3.8, 4) is 11.5 Å². The zero-order valence-corrected chi connectivity index (χ0v) is 15.5. The predicted octanol–water partition coefficient (Wildman–Crippen LogP) is 3.08. The van der Waals surface area contributed by atoms with E-state index in [0.717, 1.165) is 41.7 Å². The number of hydrogen-bond donors (Lipinski definition) is 2. The van der Waals surface area contributed by atoms with Crippen LogP contribution in [-0.4, -0.2) is 18.6 Å². The van der Waals surface area contributed by atoms with E-state index in [-0.39, 0.29) is 18.3 Å². The van der Waals surface area contributed by atoms with Crippen LogP contribution in [0.25, 0.3) is 0 Å². The maximum atomic E-state index is 13.4. The molecule has 0 saturated heterocycles. The second-order valence-corrected chi connectivity index (χ2v) is 6.76. The Labute approximate surface area is 158 Å². The molecule has 144 valence electrons. The van der Waals surface area contributed by atoms with Gasteiger partial charge in [-0.05, 0) is 55.5 Å². The van der Waals surface area contributed by atoms with E-state index >= 15 is 0 Å². The third-order valence-corrected chi connectivity index (χ3v) is 4.70. The standard InChI is InChI=1S/C21H25FN2O3/c1-14(21(23)25)24-12-16-8-9-19(20-18(16)7-2-3-10-26-20)27-13-15-5-4-6-17(22)11-15/h4-6,8-9,11,14,24H,2-3,7,10,12-13H2,1H3,(H2,23,25)/t14-/m0/s1. The molecule has 3 rings (SSSR count). The monoisotopic (exact) mass is 372 g/mol. The first kappa shape index (κ1) is 19.2. The van der Waals surface area contributed by atoms with E-state index in [1.807, 2.05) is 18.2 Å². The quantitative estimate of drug-likeness (QED) is 0.783. The first-order chi connectivity index (χ1) is 13.0. The number of halogens is 1. The molecule has 0 radical (unpaired) electrons. The van der Waals surface area contributed by atoms with Crippen LogP contribution in [0.4, 0.5) is 4.39 Å². The van der Waals surface area contributed by atoms with Crippen LogP contribution in [0.1, 0.15) is 36.5 Å². The Balaban J connectivity index is 1.79. The Hall–Kier alpha value is -2.60. The fraction of sp³-hybridized carbons (Fsp3) is 0.381. The number of ether oxygens (including phenoxy) is 2. The Morgan fingerprint density at radius 3 is 2.96 bits per heavy atom. The van der Waals surface area contributed by atoms with Crippen molar-refractivity contribution in [2.75, 3.05) is 6.61 Å². The summed E-state index contributed by atoms with van der Waals surface area (Å²) in [5.74, 6) is 0.737. The Bertz CT molecular complexity index is 810. The van der Waals surface area contributed by atoms with Gasteiger partial charge in [-0.2, -0.15) is 0 Å². The van der Waals surface area contributed by atoms with Gasteiger partial charge in [0.15, 0.2) is 11.5 Å². The van der Waals surface area contributed by atoms with Gasteiger partial charge in [-0.25, -0.2) is 4.39 Å². The normalized spacial score (nSPS) is 14.6. The van der Waals surface area contributed by atoms with Crippen LogP contribution in [-0.2, 0) is 24.4 Å². The lowest BCUT2D eigenvalue weighted by Gasteiger charge is -2.18. The number of rotatable bonds is 7. The van der Waals surface area contributed by atoms with Crippen LogP contribution in [0.3, 0.4) is 0 Å². The first-order valence-corrected chi connectivity index (χ1v) is 9.22. The third kappa shape index (κ3) is 4.98. The SMILES string of the molecule is C[C@H](NCc1ccc(OCc2cccc(F)c2)c2c1CCCCO2)C(N)=O. The lowest BCUT2D eigenvalue weighted by molar-refractivity contribution is -0.119. The Kier molecular flexibility index (Phi) is 6.29. The van der Waals surface area contributed by atoms with Gasteiger partial charge in [-0.3, -0.25) is 4.79 Å². The van der Waals surface area contributed by atoms with Crippen LogP contribution in [0.2, 0.25) is 0 Å². The average Bonchev–Trinajstić information content (AvgIpc) is 2.91. The molecule has 27 heavy (non-hydrogen) atoms. The predicted molar refractivity (Wildman–Crippen MR) is 101 cm³/mol. The van der Waals surface area contributed by atoms with E-state index in [4.69, 9.17) is 15.2 Å². The minimum absolute atomic E-state index is 0.268. The third-order valence-electron chi connectivity index (χ3n) is 4.70. The molecular formula is C21H25FN2O3. The number of fused-ring (bicyclic) bond motifs is 1. The molecular weight excluding hydrogens is 347 g/mol. The number of nitrogens with two attached hydrogens (primary N) is 1. The highest BCUT2D eigenvalue weighted by Crippen LogP contribution is 2.37. The van der Waals surface area contributed by atoms with Crippen molar-refractivity contribution in [3.05, 3.63) is 58.9 Å². The maximum absolute atomic E-state index is 13.4. The van der Waals surface area contributed by atoms with Crippen LogP contribution in [0.5, 0.6) is 11.5 Å². The number of carbonyl (C=O) groups is 1. The maximum Gasteiger partial charge on any atom is 0.234 e. The minimum atomic E-state index is -0.406. The zero-order chi connectivity index (χ0) is 19.2. The molecule has 1 atom stereocenters. The molecule has 0 unspecified atom stereocenters. The van der Waals surface area contributed by atoms with Gasteiger partial charge in [0, 0.05) is 12.1 Å². The molecule has 2 aromatic carbocycles. The van der Waals surface area contributed by atoms with Gasteiger partial charge < -0.3 is 20.5 Å². The molecule has 0 saturated carbocycles. The van der Waals surface area contributed by atoms with Gasteiger partial charge in [0.2, 0.25) is 5.91 Å². The van der Waals surface area contributed by atoms with Crippen molar-refractivity contribution in [2.45, 2.75) is 45.4 Å². The number of hydrogen-bond acceptors (Lipinski definition) is 4. The van der Waals surface area contributed by atoms with Gasteiger partial charge in [-0.15, -0.1) is 0 Å². The van der Waals surface area contributed by atoms with Gasteiger partial charge in [0.25, 0.3) is 0 Å². The summed E-state index contributed by atoms with van der Waals surface area (Å²) >= 11 is 0. The summed E-state index contributed by atoms with van der Waals surface area (Å²) in [6, 6.07) is 9.81. The Morgan fingerprint density at radius 2 is 2.19 bits per heavy atom. The molecule has 1 amide bonds. The molecule has 2 aromatic rings. The summed E-state index contributed by atoms with van der Waals surface area (Å²) in [4.78, 5) is 11.3. The van der Waals surface area contributed by atoms with Crippen LogP contribution >= 0.6 is 0 Å². The second kappa shape index (κ2) is 8.86. The highest BCUT2D eigenvalue weighted by atomic mass is 19.1. The molecule has 0 fully saturated rings. The van der Waals surface area contributed by atoms with Crippen molar-refractivity contribution < 1.29 is 18.7 Å². The zero-order valence-electron chi connectivity index (χ0n) is 15.5. The van der Waals surface area contributed by atoms with E-state index in [1.54, 1.807) is 13.0 Å². The molecule has 1 heterocycles. The van der Waals surface area contributed by atoms with Crippen LogP contribution < -0.4 is 20.5 Å². The average molecular weight is 372 g/mol. The molecule has 5 nitrogen and oxygen atoms in total. The summed E-state index contributed by atoms with van der Waals surface area (Å²) in [6.45, 7) is 3.18. The molecule has 0 bridgehead atoms. The summed E-state index contributed by atoms with van der Waals surface area (Å²) < 4.78 is 25.3. The second-order valence-electron chi connectivity index (χ2n) is 6.76. The summed E-state index contributed by atoms with van der Waals surface area (Å²) in [5.41, 5.74) is 8.24. The number of carbonyl (C=O) groups excluding carboxylic acids is 1. The smallest absolute Gasteiger partial charge is 0.234 e. The van der Waals surface area contributed by atoms with E-state index < -0.39 is 6.04 Å². The fourth-order valence-electron chi connectivity index (χ4n) is 3.09. The van der Waals surface area contributed by atoms with Crippen molar-refractivity contribution in [2.24, 2.45) is 5.73 Å². The number of benzene rings is 2.